The number of nitrogens with zero attached hydrogens (tertiary/aromatic N) is 1. The van der Waals surface area contributed by atoms with Gasteiger partial charge in [-0.05, 0) is 11.5 Å². The molecule has 1 atom stereocenters. The molecule has 0 aromatic heterocycles. The van der Waals surface area contributed by atoms with Crippen LogP contribution in [-0.2, 0) is 9.59 Å². The van der Waals surface area contributed by atoms with Crippen molar-refractivity contribution >= 4 is 11.9 Å². The molecular formula is C15H22N2O3. The zero-order valence-electron chi connectivity index (χ0n) is 12.0. The number of carboxylic acids is 1. The molecule has 3 N–H and O–H groups in total. The molecule has 5 heteroatoms. The van der Waals surface area contributed by atoms with Crippen molar-refractivity contribution in [3.63, 3.8) is 0 Å². The van der Waals surface area contributed by atoms with E-state index in [0.717, 1.165) is 5.56 Å². The van der Waals surface area contributed by atoms with Crippen LogP contribution in [0.15, 0.2) is 30.3 Å². The van der Waals surface area contributed by atoms with E-state index in [1.54, 1.807) is 17.0 Å². The Hall–Kier alpha value is -1.88. The van der Waals surface area contributed by atoms with Gasteiger partial charge in [0.2, 0.25) is 5.91 Å². The van der Waals surface area contributed by atoms with Gasteiger partial charge in [-0.25, -0.2) is 0 Å². The van der Waals surface area contributed by atoms with Crippen LogP contribution in [0.5, 0.6) is 0 Å². The average molecular weight is 278 g/mol. The van der Waals surface area contributed by atoms with Gasteiger partial charge in [0.1, 0.15) is 0 Å². The number of nitrogens with two attached hydrogens (primary N) is 1. The summed E-state index contributed by atoms with van der Waals surface area (Å²) >= 11 is 0. The predicted octanol–water partition coefficient (Wildman–Crippen LogP) is 1.30. The Labute approximate surface area is 119 Å². The van der Waals surface area contributed by atoms with Crippen LogP contribution in [0.1, 0.15) is 25.3 Å². The van der Waals surface area contributed by atoms with Gasteiger partial charge in [-0.15, -0.1) is 0 Å². The molecule has 0 saturated heterocycles. The molecule has 0 bridgehead atoms. The second-order valence-electron chi connectivity index (χ2n) is 5.36. The van der Waals surface area contributed by atoms with Crippen molar-refractivity contribution in [3.8, 4) is 0 Å². The summed E-state index contributed by atoms with van der Waals surface area (Å²) in [5.41, 5.74) is 5.97. The first-order chi connectivity index (χ1) is 9.40. The minimum Gasteiger partial charge on any atom is -0.481 e. The Morgan fingerprint density at radius 3 is 2.25 bits per heavy atom. The summed E-state index contributed by atoms with van der Waals surface area (Å²) < 4.78 is 0. The number of amides is 1. The number of hydrogen-bond acceptors (Lipinski definition) is 3. The van der Waals surface area contributed by atoms with Gasteiger partial charge in [0, 0.05) is 13.1 Å². The fraction of sp³-hybridized carbons (Fsp3) is 0.467. The summed E-state index contributed by atoms with van der Waals surface area (Å²) in [6.45, 7) is 5.04. The van der Waals surface area contributed by atoms with Crippen LogP contribution in [0.25, 0.3) is 0 Å². The topological polar surface area (TPSA) is 83.6 Å². The number of rotatable bonds is 8. The highest BCUT2D eigenvalue weighted by atomic mass is 16.4. The summed E-state index contributed by atoms with van der Waals surface area (Å²) in [5.74, 6) is -1.66. The summed E-state index contributed by atoms with van der Waals surface area (Å²) in [4.78, 5) is 24.4. The van der Waals surface area contributed by atoms with E-state index < -0.39 is 17.8 Å². The van der Waals surface area contributed by atoms with Crippen LogP contribution in [0.4, 0.5) is 0 Å². The summed E-state index contributed by atoms with van der Waals surface area (Å²) in [6.07, 6.45) is 0. The third-order valence-electron chi connectivity index (χ3n) is 2.94. The first-order valence-corrected chi connectivity index (χ1v) is 6.68. The second-order valence-corrected chi connectivity index (χ2v) is 5.36. The minimum atomic E-state index is -0.894. The van der Waals surface area contributed by atoms with Gasteiger partial charge in [-0.2, -0.15) is 0 Å². The van der Waals surface area contributed by atoms with Crippen molar-refractivity contribution in [3.05, 3.63) is 35.9 Å². The third-order valence-corrected chi connectivity index (χ3v) is 2.94. The zero-order chi connectivity index (χ0) is 15.1. The molecular weight excluding hydrogens is 256 g/mol. The van der Waals surface area contributed by atoms with E-state index in [4.69, 9.17) is 5.73 Å². The highest BCUT2D eigenvalue weighted by molar-refractivity contribution is 5.77. The zero-order valence-corrected chi connectivity index (χ0v) is 12.0. The molecule has 5 nitrogen and oxygen atoms in total. The van der Waals surface area contributed by atoms with E-state index in [9.17, 15) is 14.7 Å². The van der Waals surface area contributed by atoms with Crippen LogP contribution < -0.4 is 5.73 Å². The fourth-order valence-electron chi connectivity index (χ4n) is 2.21. The van der Waals surface area contributed by atoms with Gasteiger partial charge in [-0.1, -0.05) is 44.2 Å². The van der Waals surface area contributed by atoms with Crippen molar-refractivity contribution in [1.29, 1.82) is 0 Å². The van der Waals surface area contributed by atoms with Crippen LogP contribution in [0.2, 0.25) is 0 Å². The van der Waals surface area contributed by atoms with Crippen molar-refractivity contribution in [2.75, 3.05) is 19.6 Å². The molecule has 1 rings (SSSR count). The first kappa shape index (κ1) is 16.2. The molecule has 0 aliphatic rings. The normalized spacial score (nSPS) is 12.6. The summed E-state index contributed by atoms with van der Waals surface area (Å²) in [7, 11) is 0. The number of aliphatic carboxylic acids is 1. The molecule has 1 amide bonds. The molecule has 20 heavy (non-hydrogen) atoms. The Bertz CT molecular complexity index is 446. The van der Waals surface area contributed by atoms with Crippen LogP contribution in [0.3, 0.4) is 0 Å². The van der Waals surface area contributed by atoms with E-state index in [2.05, 4.69) is 0 Å². The standard InChI is InChI=1S/C15H22N2O3/c1-11(2)8-17(10-14(16)18)9-13(15(19)20)12-6-4-3-5-7-12/h3-7,11,13H,8-10H2,1-2H3,(H2,16,18)(H,19,20). The molecule has 0 radical (unpaired) electrons. The lowest BCUT2D eigenvalue weighted by Crippen LogP contribution is -2.40. The molecule has 0 spiro atoms. The highest BCUT2D eigenvalue weighted by Crippen LogP contribution is 2.18. The molecule has 0 heterocycles. The smallest absolute Gasteiger partial charge is 0.312 e. The lowest BCUT2D eigenvalue weighted by molar-refractivity contribution is -0.139. The number of carboxylic acid groups (broad SMARTS) is 1. The maximum atomic E-state index is 11.5. The Balaban J connectivity index is 2.85. The van der Waals surface area contributed by atoms with E-state index in [1.807, 2.05) is 32.0 Å². The van der Waals surface area contributed by atoms with E-state index in [1.165, 1.54) is 0 Å². The molecule has 0 fully saturated rings. The number of carbonyl (C=O) groups excluding carboxylic acids is 1. The van der Waals surface area contributed by atoms with Crippen molar-refractivity contribution < 1.29 is 14.7 Å². The molecule has 0 aliphatic heterocycles. The molecule has 110 valence electrons. The number of benzene rings is 1. The Kier molecular flexibility index (Phi) is 6.18. The van der Waals surface area contributed by atoms with Crippen LogP contribution >= 0.6 is 0 Å². The first-order valence-electron chi connectivity index (χ1n) is 6.68. The largest absolute Gasteiger partial charge is 0.481 e. The summed E-state index contributed by atoms with van der Waals surface area (Å²) in [6, 6.07) is 9.04. The lowest BCUT2D eigenvalue weighted by atomic mass is 9.98. The van der Waals surface area contributed by atoms with Crippen molar-refractivity contribution in [1.82, 2.24) is 4.90 Å². The molecule has 1 aromatic carbocycles. The Morgan fingerprint density at radius 2 is 1.80 bits per heavy atom. The van der Waals surface area contributed by atoms with Gasteiger partial charge in [0.15, 0.2) is 0 Å². The molecule has 1 aromatic rings. The summed E-state index contributed by atoms with van der Waals surface area (Å²) in [5, 5.41) is 9.40. The van der Waals surface area contributed by atoms with Crippen LogP contribution in [-0.4, -0.2) is 41.5 Å². The Morgan fingerprint density at radius 1 is 1.20 bits per heavy atom. The predicted molar refractivity (Wildman–Crippen MR) is 77.3 cm³/mol. The van der Waals surface area contributed by atoms with E-state index >= 15 is 0 Å². The number of carbonyl (C=O) groups is 2. The molecule has 1 unspecified atom stereocenters. The van der Waals surface area contributed by atoms with Gasteiger partial charge in [-0.3, -0.25) is 14.5 Å². The average Bonchev–Trinajstić information content (AvgIpc) is 2.35. The van der Waals surface area contributed by atoms with Gasteiger partial charge in [0.05, 0.1) is 12.5 Å². The maximum absolute atomic E-state index is 11.5. The van der Waals surface area contributed by atoms with Crippen molar-refractivity contribution in [2.45, 2.75) is 19.8 Å². The second kappa shape index (κ2) is 7.65. The molecule has 0 saturated carbocycles. The monoisotopic (exact) mass is 278 g/mol. The van der Waals surface area contributed by atoms with E-state index in [0.29, 0.717) is 12.5 Å². The van der Waals surface area contributed by atoms with Gasteiger partial charge in [0.25, 0.3) is 0 Å². The SMILES string of the molecule is CC(C)CN(CC(N)=O)CC(C(=O)O)c1ccccc1. The minimum absolute atomic E-state index is 0.0782. The lowest BCUT2D eigenvalue weighted by Gasteiger charge is -2.26. The number of hydrogen-bond donors (Lipinski definition) is 2. The quantitative estimate of drug-likeness (QED) is 0.750. The van der Waals surface area contributed by atoms with Gasteiger partial charge < -0.3 is 10.8 Å². The maximum Gasteiger partial charge on any atom is 0.312 e. The fourth-order valence-corrected chi connectivity index (χ4v) is 2.21. The third kappa shape index (κ3) is 5.40. The van der Waals surface area contributed by atoms with E-state index in [-0.39, 0.29) is 13.1 Å². The number of primary amides is 1. The van der Waals surface area contributed by atoms with Crippen LogP contribution in [0, 0.1) is 5.92 Å². The molecule has 0 aliphatic carbocycles. The highest BCUT2D eigenvalue weighted by Gasteiger charge is 2.24. The van der Waals surface area contributed by atoms with Gasteiger partial charge >= 0.3 is 5.97 Å². The van der Waals surface area contributed by atoms with Crippen molar-refractivity contribution in [2.24, 2.45) is 11.7 Å².